The molecule has 0 spiro atoms. The predicted molar refractivity (Wildman–Crippen MR) is 104 cm³/mol. The summed E-state index contributed by atoms with van der Waals surface area (Å²) in [5, 5.41) is 5.28. The Balaban J connectivity index is 1.95. The van der Waals surface area contributed by atoms with Crippen molar-refractivity contribution in [3.63, 3.8) is 0 Å². The maximum Gasteiger partial charge on any atom is 0.416 e. The standard InChI is InChI=1S/C19H22F3N3O3S/c1-11(24-17(27)28-18(2,3)4)15(26)25-16-23-10-14(29-16)9-12-6-5-7-13(8-12)19(20,21)22/h5-8,10-11H,9H2,1-4H3,(H,24,27)(H,23,25,26). The van der Waals surface area contributed by atoms with Crippen LogP contribution >= 0.6 is 11.3 Å². The van der Waals surface area contributed by atoms with Crippen LogP contribution in [0, 0.1) is 0 Å². The number of anilines is 1. The van der Waals surface area contributed by atoms with E-state index in [-0.39, 0.29) is 11.6 Å². The van der Waals surface area contributed by atoms with E-state index in [9.17, 15) is 22.8 Å². The summed E-state index contributed by atoms with van der Waals surface area (Å²) in [7, 11) is 0. The zero-order valence-corrected chi connectivity index (χ0v) is 17.2. The third-order valence-corrected chi connectivity index (χ3v) is 4.46. The Morgan fingerprint density at radius 2 is 1.93 bits per heavy atom. The van der Waals surface area contributed by atoms with Crippen molar-refractivity contribution >= 4 is 28.5 Å². The molecule has 2 aromatic rings. The molecule has 0 saturated carbocycles. The number of alkyl carbamates (subject to hydrolysis) is 1. The fraction of sp³-hybridized carbons (Fsp3) is 0.421. The molecule has 158 valence electrons. The molecule has 0 fully saturated rings. The van der Waals surface area contributed by atoms with Gasteiger partial charge in [0.05, 0.1) is 5.56 Å². The molecule has 1 aromatic heterocycles. The minimum Gasteiger partial charge on any atom is -0.444 e. The molecular weight excluding hydrogens is 407 g/mol. The first-order valence-electron chi connectivity index (χ1n) is 8.75. The third-order valence-electron chi connectivity index (χ3n) is 3.54. The number of rotatable bonds is 5. The molecule has 0 aliphatic carbocycles. The van der Waals surface area contributed by atoms with Crippen LogP contribution in [0.5, 0.6) is 0 Å². The molecule has 1 heterocycles. The first kappa shape index (κ1) is 22.7. The number of halogens is 3. The lowest BCUT2D eigenvalue weighted by Gasteiger charge is -2.21. The Morgan fingerprint density at radius 1 is 1.24 bits per heavy atom. The summed E-state index contributed by atoms with van der Waals surface area (Å²) in [6.45, 7) is 6.62. The number of thiazole rings is 1. The van der Waals surface area contributed by atoms with Crippen LogP contribution in [0.15, 0.2) is 30.5 Å². The van der Waals surface area contributed by atoms with Gasteiger partial charge >= 0.3 is 12.3 Å². The van der Waals surface area contributed by atoms with Gasteiger partial charge in [0.1, 0.15) is 11.6 Å². The molecule has 29 heavy (non-hydrogen) atoms. The normalized spacial score (nSPS) is 12.9. The maximum absolute atomic E-state index is 12.8. The highest BCUT2D eigenvalue weighted by Crippen LogP contribution is 2.30. The second-order valence-corrected chi connectivity index (χ2v) is 8.48. The molecule has 0 radical (unpaired) electrons. The summed E-state index contributed by atoms with van der Waals surface area (Å²) in [5.41, 5.74) is -0.912. The van der Waals surface area contributed by atoms with E-state index in [2.05, 4.69) is 15.6 Å². The quantitative estimate of drug-likeness (QED) is 0.728. The van der Waals surface area contributed by atoms with Gasteiger partial charge in [0.25, 0.3) is 0 Å². The first-order valence-corrected chi connectivity index (χ1v) is 9.56. The number of amides is 2. The summed E-state index contributed by atoms with van der Waals surface area (Å²) in [6.07, 6.45) is -3.37. The van der Waals surface area contributed by atoms with Gasteiger partial charge in [-0.3, -0.25) is 4.79 Å². The number of nitrogens with zero attached hydrogens (tertiary/aromatic N) is 1. The Morgan fingerprint density at radius 3 is 2.55 bits per heavy atom. The van der Waals surface area contributed by atoms with Crippen LogP contribution in [-0.2, 0) is 22.1 Å². The van der Waals surface area contributed by atoms with Crippen molar-refractivity contribution in [3.05, 3.63) is 46.5 Å². The van der Waals surface area contributed by atoms with E-state index < -0.39 is 35.4 Å². The molecule has 0 saturated heterocycles. The molecule has 0 bridgehead atoms. The third kappa shape index (κ3) is 7.37. The number of ether oxygens (including phenoxy) is 1. The topological polar surface area (TPSA) is 80.3 Å². The van der Waals surface area contributed by atoms with Gasteiger partial charge < -0.3 is 15.4 Å². The Hall–Kier alpha value is -2.62. The van der Waals surface area contributed by atoms with E-state index in [1.807, 2.05) is 0 Å². The Bertz CT molecular complexity index is 875. The molecule has 2 rings (SSSR count). The lowest BCUT2D eigenvalue weighted by molar-refractivity contribution is -0.137. The number of nitrogens with one attached hydrogen (secondary N) is 2. The van der Waals surface area contributed by atoms with Gasteiger partial charge in [0.2, 0.25) is 5.91 Å². The van der Waals surface area contributed by atoms with Crippen molar-refractivity contribution in [3.8, 4) is 0 Å². The van der Waals surface area contributed by atoms with Crippen LogP contribution in [0.3, 0.4) is 0 Å². The number of benzene rings is 1. The van der Waals surface area contributed by atoms with Crippen molar-refractivity contribution in [2.45, 2.75) is 51.9 Å². The van der Waals surface area contributed by atoms with Gasteiger partial charge in [-0.1, -0.05) is 18.2 Å². The monoisotopic (exact) mass is 429 g/mol. The SMILES string of the molecule is CC(NC(=O)OC(C)(C)C)C(=O)Nc1ncc(Cc2cccc(C(F)(F)F)c2)s1. The number of carbonyl (C=O) groups is 2. The van der Waals surface area contributed by atoms with Gasteiger partial charge in [-0.15, -0.1) is 11.3 Å². The fourth-order valence-corrected chi connectivity index (χ4v) is 3.12. The molecule has 1 atom stereocenters. The Kier molecular flexibility index (Phi) is 6.89. The minimum atomic E-state index is -4.40. The molecule has 10 heteroatoms. The predicted octanol–water partition coefficient (Wildman–Crippen LogP) is 4.60. The molecule has 2 N–H and O–H groups in total. The molecule has 0 aliphatic rings. The zero-order chi connectivity index (χ0) is 21.8. The van der Waals surface area contributed by atoms with E-state index in [4.69, 9.17) is 4.74 Å². The first-order chi connectivity index (χ1) is 13.3. The van der Waals surface area contributed by atoms with Crippen molar-refractivity contribution in [1.82, 2.24) is 10.3 Å². The summed E-state index contributed by atoms with van der Waals surface area (Å²) in [6, 6.07) is 4.19. The van der Waals surface area contributed by atoms with Crippen LogP contribution < -0.4 is 10.6 Å². The molecule has 1 aromatic carbocycles. The van der Waals surface area contributed by atoms with Crippen LogP contribution in [0.2, 0.25) is 0 Å². The number of aromatic nitrogens is 1. The summed E-state index contributed by atoms with van der Waals surface area (Å²) < 4.78 is 43.5. The van der Waals surface area contributed by atoms with Crippen LogP contribution in [-0.4, -0.2) is 28.6 Å². The highest BCUT2D eigenvalue weighted by atomic mass is 32.1. The summed E-state index contributed by atoms with van der Waals surface area (Å²) in [4.78, 5) is 28.7. The number of carbonyl (C=O) groups excluding carboxylic acids is 2. The van der Waals surface area contributed by atoms with Gasteiger partial charge in [-0.2, -0.15) is 13.2 Å². The van der Waals surface area contributed by atoms with Gasteiger partial charge in [-0.05, 0) is 39.3 Å². The van der Waals surface area contributed by atoms with E-state index in [0.717, 1.165) is 23.5 Å². The van der Waals surface area contributed by atoms with E-state index in [1.54, 1.807) is 26.8 Å². The number of hydrogen-bond donors (Lipinski definition) is 2. The van der Waals surface area contributed by atoms with Crippen molar-refractivity contribution in [1.29, 1.82) is 0 Å². The molecular formula is C19H22F3N3O3S. The van der Waals surface area contributed by atoms with Gasteiger partial charge in [0.15, 0.2) is 5.13 Å². The van der Waals surface area contributed by atoms with Crippen molar-refractivity contribution in [2.24, 2.45) is 0 Å². The van der Waals surface area contributed by atoms with Gasteiger partial charge in [-0.25, -0.2) is 9.78 Å². The number of hydrogen-bond acceptors (Lipinski definition) is 5. The molecule has 2 amide bonds. The average Bonchev–Trinajstić information content (AvgIpc) is 2.99. The maximum atomic E-state index is 12.8. The summed E-state index contributed by atoms with van der Waals surface area (Å²) >= 11 is 1.15. The highest BCUT2D eigenvalue weighted by Gasteiger charge is 2.30. The minimum absolute atomic E-state index is 0.253. The van der Waals surface area contributed by atoms with Gasteiger partial charge in [0, 0.05) is 17.5 Å². The lowest BCUT2D eigenvalue weighted by Crippen LogP contribution is -2.43. The van der Waals surface area contributed by atoms with E-state index >= 15 is 0 Å². The average molecular weight is 429 g/mol. The fourth-order valence-electron chi connectivity index (χ4n) is 2.27. The smallest absolute Gasteiger partial charge is 0.416 e. The van der Waals surface area contributed by atoms with Crippen LogP contribution in [0.4, 0.5) is 23.1 Å². The zero-order valence-electron chi connectivity index (χ0n) is 16.4. The molecule has 1 unspecified atom stereocenters. The van der Waals surface area contributed by atoms with Crippen LogP contribution in [0.1, 0.15) is 43.7 Å². The van der Waals surface area contributed by atoms with Crippen molar-refractivity contribution < 1.29 is 27.5 Å². The molecule has 6 nitrogen and oxygen atoms in total. The van der Waals surface area contributed by atoms with E-state index in [1.165, 1.54) is 19.2 Å². The van der Waals surface area contributed by atoms with Crippen LogP contribution in [0.25, 0.3) is 0 Å². The number of alkyl halides is 3. The Labute approximate surface area is 170 Å². The summed E-state index contributed by atoms with van der Waals surface area (Å²) in [5.74, 6) is -0.490. The second-order valence-electron chi connectivity index (χ2n) is 7.36. The molecule has 0 aliphatic heterocycles. The lowest BCUT2D eigenvalue weighted by atomic mass is 10.1. The van der Waals surface area contributed by atoms with E-state index in [0.29, 0.717) is 10.4 Å². The largest absolute Gasteiger partial charge is 0.444 e. The van der Waals surface area contributed by atoms with Crippen molar-refractivity contribution in [2.75, 3.05) is 5.32 Å². The highest BCUT2D eigenvalue weighted by molar-refractivity contribution is 7.15. The second kappa shape index (κ2) is 8.81.